The highest BCUT2D eigenvalue weighted by Gasteiger charge is 2.28. The maximum absolute atomic E-state index is 11.5. The zero-order valence-corrected chi connectivity index (χ0v) is 14.1. The number of carboxylic acid groups (broad SMARTS) is 1. The van der Waals surface area contributed by atoms with E-state index in [9.17, 15) is 9.90 Å². The molecule has 2 rings (SSSR count). The lowest BCUT2D eigenvalue weighted by Gasteiger charge is -2.33. The van der Waals surface area contributed by atoms with Crippen molar-refractivity contribution in [3.8, 4) is 5.75 Å². The average Bonchev–Trinajstić information content (AvgIpc) is 2.48. The van der Waals surface area contributed by atoms with Gasteiger partial charge in [-0.3, -0.25) is 9.69 Å². The molecule has 0 saturated carbocycles. The summed E-state index contributed by atoms with van der Waals surface area (Å²) in [6.07, 6.45) is 2.84. The Labute approximate surface area is 133 Å². The summed E-state index contributed by atoms with van der Waals surface area (Å²) < 4.78 is 5.48. The summed E-state index contributed by atoms with van der Waals surface area (Å²) >= 11 is 0. The lowest BCUT2D eigenvalue weighted by molar-refractivity contribution is -0.144. The van der Waals surface area contributed by atoms with Crippen LogP contribution in [0, 0.1) is 6.92 Å². The van der Waals surface area contributed by atoms with E-state index in [0.29, 0.717) is 12.5 Å². The van der Waals surface area contributed by atoms with E-state index < -0.39 is 5.97 Å². The van der Waals surface area contributed by atoms with Crippen LogP contribution < -0.4 is 4.74 Å². The normalized spacial score (nSPS) is 19.4. The zero-order chi connectivity index (χ0) is 16.3. The van der Waals surface area contributed by atoms with Crippen LogP contribution in [0.15, 0.2) is 12.1 Å². The van der Waals surface area contributed by atoms with Crippen molar-refractivity contribution in [1.82, 2.24) is 4.90 Å². The molecule has 1 aromatic carbocycles. The second-order valence-electron chi connectivity index (χ2n) is 6.50. The van der Waals surface area contributed by atoms with E-state index >= 15 is 0 Å². The molecule has 1 aliphatic rings. The van der Waals surface area contributed by atoms with Gasteiger partial charge in [0, 0.05) is 6.54 Å². The Balaban J connectivity index is 2.28. The molecular weight excluding hydrogens is 278 g/mol. The molecule has 1 saturated heterocycles. The van der Waals surface area contributed by atoms with Crippen LogP contribution in [0.4, 0.5) is 0 Å². The van der Waals surface area contributed by atoms with Gasteiger partial charge in [0.25, 0.3) is 0 Å². The van der Waals surface area contributed by atoms with Crippen LogP contribution in [-0.4, -0.2) is 35.7 Å². The Kier molecular flexibility index (Phi) is 5.46. The molecule has 122 valence electrons. The molecule has 4 heteroatoms. The fraction of sp³-hybridized carbons (Fsp3) is 0.611. The number of aliphatic carboxylic acids is 1. The molecular formula is C18H27NO3. The third-order valence-corrected chi connectivity index (χ3v) is 4.58. The first-order valence-electron chi connectivity index (χ1n) is 8.08. The lowest BCUT2D eigenvalue weighted by atomic mass is 9.95. The summed E-state index contributed by atoms with van der Waals surface area (Å²) in [6.45, 7) is 7.93. The maximum Gasteiger partial charge on any atom is 0.320 e. The number of nitrogens with zero attached hydrogens (tertiary/aromatic N) is 1. The lowest BCUT2D eigenvalue weighted by Crippen LogP contribution is -2.44. The molecule has 0 aromatic heterocycles. The number of carbonyl (C=O) groups is 1. The summed E-state index contributed by atoms with van der Waals surface area (Å²) in [5.41, 5.74) is 3.56. The number of methoxy groups -OCH3 is 1. The van der Waals surface area contributed by atoms with Gasteiger partial charge in [-0.15, -0.1) is 0 Å². The van der Waals surface area contributed by atoms with Gasteiger partial charge in [0.1, 0.15) is 11.8 Å². The number of rotatable bonds is 5. The van der Waals surface area contributed by atoms with Crippen molar-refractivity contribution in [3.63, 3.8) is 0 Å². The van der Waals surface area contributed by atoms with E-state index in [1.54, 1.807) is 7.11 Å². The molecule has 0 spiro atoms. The van der Waals surface area contributed by atoms with Gasteiger partial charge < -0.3 is 9.84 Å². The summed E-state index contributed by atoms with van der Waals surface area (Å²) in [7, 11) is 1.70. The van der Waals surface area contributed by atoms with E-state index in [1.807, 2.05) is 0 Å². The van der Waals surface area contributed by atoms with Crippen molar-refractivity contribution in [3.05, 3.63) is 28.8 Å². The number of carboxylic acids is 1. The maximum atomic E-state index is 11.5. The SMILES string of the molecule is COc1cc(C)c(CN2CCCCC2C(=O)O)cc1C(C)C. The average molecular weight is 305 g/mol. The first-order valence-corrected chi connectivity index (χ1v) is 8.08. The summed E-state index contributed by atoms with van der Waals surface area (Å²) in [5, 5.41) is 9.42. The Morgan fingerprint density at radius 3 is 2.73 bits per heavy atom. The standard InChI is InChI=1S/C18H27NO3/c1-12(2)15-10-14(13(3)9-17(15)22-4)11-19-8-6-5-7-16(19)18(20)21/h9-10,12,16H,5-8,11H2,1-4H3,(H,20,21). The van der Waals surface area contributed by atoms with Gasteiger partial charge >= 0.3 is 5.97 Å². The minimum Gasteiger partial charge on any atom is -0.496 e. The molecule has 1 unspecified atom stereocenters. The van der Waals surface area contributed by atoms with Crippen molar-refractivity contribution in [2.45, 2.75) is 58.5 Å². The summed E-state index contributed by atoms with van der Waals surface area (Å²) in [4.78, 5) is 13.6. The van der Waals surface area contributed by atoms with Crippen LogP contribution in [-0.2, 0) is 11.3 Å². The van der Waals surface area contributed by atoms with Crippen LogP contribution in [0.5, 0.6) is 5.75 Å². The number of benzene rings is 1. The Hall–Kier alpha value is -1.55. The van der Waals surface area contributed by atoms with Gasteiger partial charge in [0.2, 0.25) is 0 Å². The summed E-state index contributed by atoms with van der Waals surface area (Å²) in [6, 6.07) is 3.91. The molecule has 0 radical (unpaired) electrons. The molecule has 4 nitrogen and oxygen atoms in total. The molecule has 1 atom stereocenters. The first kappa shape index (κ1) is 16.8. The highest BCUT2D eigenvalue weighted by Crippen LogP contribution is 2.31. The van der Waals surface area contributed by atoms with Gasteiger partial charge in [-0.1, -0.05) is 26.3 Å². The van der Waals surface area contributed by atoms with Crippen molar-refractivity contribution >= 4 is 5.97 Å². The monoisotopic (exact) mass is 305 g/mol. The van der Waals surface area contributed by atoms with Crippen molar-refractivity contribution < 1.29 is 14.6 Å². The van der Waals surface area contributed by atoms with E-state index in [1.165, 1.54) is 11.1 Å². The second-order valence-corrected chi connectivity index (χ2v) is 6.50. The predicted molar refractivity (Wildman–Crippen MR) is 87.5 cm³/mol. The number of ether oxygens (including phenoxy) is 1. The number of likely N-dealkylation sites (tertiary alicyclic amines) is 1. The van der Waals surface area contributed by atoms with Gasteiger partial charge in [-0.05, 0) is 55.0 Å². The largest absolute Gasteiger partial charge is 0.496 e. The van der Waals surface area contributed by atoms with Gasteiger partial charge in [0.15, 0.2) is 0 Å². The van der Waals surface area contributed by atoms with E-state index in [0.717, 1.165) is 37.1 Å². The molecule has 1 N–H and O–H groups in total. The number of hydrogen-bond donors (Lipinski definition) is 1. The molecule has 1 heterocycles. The molecule has 1 aromatic rings. The fourth-order valence-electron chi connectivity index (χ4n) is 3.22. The van der Waals surface area contributed by atoms with Crippen LogP contribution in [0.3, 0.4) is 0 Å². The third kappa shape index (κ3) is 3.61. The molecule has 22 heavy (non-hydrogen) atoms. The fourth-order valence-corrected chi connectivity index (χ4v) is 3.22. The Morgan fingerprint density at radius 2 is 2.14 bits per heavy atom. The van der Waals surface area contributed by atoms with Crippen molar-refractivity contribution in [2.75, 3.05) is 13.7 Å². The van der Waals surface area contributed by atoms with E-state index in [-0.39, 0.29) is 6.04 Å². The van der Waals surface area contributed by atoms with Crippen LogP contribution in [0.1, 0.15) is 55.7 Å². The number of aryl methyl sites for hydroxylation is 1. The van der Waals surface area contributed by atoms with E-state index in [4.69, 9.17) is 4.74 Å². The van der Waals surface area contributed by atoms with E-state index in [2.05, 4.69) is 37.8 Å². The smallest absolute Gasteiger partial charge is 0.320 e. The zero-order valence-electron chi connectivity index (χ0n) is 14.1. The number of piperidine rings is 1. The minimum absolute atomic E-state index is 0.349. The van der Waals surface area contributed by atoms with Gasteiger partial charge in [0.05, 0.1) is 7.11 Å². The predicted octanol–water partition coefficient (Wildman–Crippen LogP) is 3.57. The molecule has 1 fully saturated rings. The third-order valence-electron chi connectivity index (χ3n) is 4.58. The van der Waals surface area contributed by atoms with Crippen molar-refractivity contribution in [1.29, 1.82) is 0 Å². The highest BCUT2D eigenvalue weighted by molar-refractivity contribution is 5.73. The molecule has 0 amide bonds. The van der Waals surface area contributed by atoms with Gasteiger partial charge in [-0.25, -0.2) is 0 Å². The molecule has 0 bridgehead atoms. The topological polar surface area (TPSA) is 49.8 Å². The first-order chi connectivity index (χ1) is 10.4. The van der Waals surface area contributed by atoms with Crippen LogP contribution >= 0.6 is 0 Å². The Morgan fingerprint density at radius 1 is 1.41 bits per heavy atom. The van der Waals surface area contributed by atoms with Crippen LogP contribution in [0.2, 0.25) is 0 Å². The minimum atomic E-state index is -0.699. The molecule has 1 aliphatic heterocycles. The van der Waals surface area contributed by atoms with Crippen molar-refractivity contribution in [2.24, 2.45) is 0 Å². The van der Waals surface area contributed by atoms with Crippen LogP contribution in [0.25, 0.3) is 0 Å². The highest BCUT2D eigenvalue weighted by atomic mass is 16.5. The second kappa shape index (κ2) is 7.14. The van der Waals surface area contributed by atoms with Gasteiger partial charge in [-0.2, -0.15) is 0 Å². The quantitative estimate of drug-likeness (QED) is 0.903. The summed E-state index contributed by atoms with van der Waals surface area (Å²) in [5.74, 6) is 0.602. The number of hydrogen-bond acceptors (Lipinski definition) is 3. The Bertz CT molecular complexity index is 539. The molecule has 0 aliphatic carbocycles.